The van der Waals surface area contributed by atoms with Crippen molar-refractivity contribution >= 4 is 17.6 Å². The van der Waals surface area contributed by atoms with Crippen LogP contribution < -0.4 is 20.5 Å². The number of rotatable bonds is 12. The van der Waals surface area contributed by atoms with Crippen molar-refractivity contribution in [2.75, 3.05) is 13.7 Å². The van der Waals surface area contributed by atoms with Crippen LogP contribution in [0.25, 0.3) is 11.3 Å². The van der Waals surface area contributed by atoms with Gasteiger partial charge in [-0.2, -0.15) is 13.2 Å². The van der Waals surface area contributed by atoms with Crippen molar-refractivity contribution in [2.24, 2.45) is 5.73 Å². The van der Waals surface area contributed by atoms with Crippen LogP contribution >= 0.6 is 0 Å². The molecule has 1 aromatic heterocycles. The number of carbonyl (C=O) groups excluding carboxylic acids is 3. The average molecular weight is 620 g/mol. The van der Waals surface area contributed by atoms with Crippen LogP contribution in [0.5, 0.6) is 11.5 Å². The number of aliphatic hydroxyl groups is 1. The molecule has 4 N–H and O–H groups in total. The maximum Gasteiger partial charge on any atom is 0.422 e. The Morgan fingerprint density at radius 1 is 1.02 bits per heavy atom. The zero-order chi connectivity index (χ0) is 33.0. The second-order valence-corrected chi connectivity index (χ2v) is 10.8. The molecule has 3 rings (SSSR count). The highest BCUT2D eigenvalue weighted by Gasteiger charge is 2.56. The summed E-state index contributed by atoms with van der Waals surface area (Å²) in [6, 6.07) is 10.2. The standard InChI is InChI=1S/C31H33F4N3O6/c1-17-12-19(6-8-22(17)32)23-14-21(29(3,4)38-18(2)39)15-27(37-23)30(42,31(33,34)35)11-10-24(40)20-7-9-25(26(13-20)43-5)44-16-28(36)41/h6-9,12-15,42H,10-11,16H2,1-5H3,(H2,36,41)(H,38,39). The van der Waals surface area contributed by atoms with Crippen LogP contribution in [0.4, 0.5) is 17.6 Å². The minimum absolute atomic E-state index is 0.00989. The molecule has 2 amide bonds. The number of ketones is 1. The first-order valence-electron chi connectivity index (χ1n) is 13.4. The molecule has 2 aromatic carbocycles. The third-order valence-corrected chi connectivity index (χ3v) is 6.95. The van der Waals surface area contributed by atoms with Crippen LogP contribution in [-0.2, 0) is 20.7 Å². The molecule has 0 aliphatic rings. The number of methoxy groups -OCH3 is 1. The Morgan fingerprint density at radius 3 is 2.27 bits per heavy atom. The Balaban J connectivity index is 2.07. The van der Waals surface area contributed by atoms with Crippen molar-refractivity contribution in [3.8, 4) is 22.8 Å². The summed E-state index contributed by atoms with van der Waals surface area (Å²) in [5.41, 5.74) is 0.0948. The third-order valence-electron chi connectivity index (χ3n) is 6.95. The average Bonchev–Trinajstić information content (AvgIpc) is 2.94. The molecule has 44 heavy (non-hydrogen) atoms. The van der Waals surface area contributed by atoms with E-state index >= 15 is 0 Å². The molecule has 0 aliphatic carbocycles. The molecular weight excluding hydrogens is 586 g/mol. The molecule has 0 fully saturated rings. The molecule has 9 nitrogen and oxygen atoms in total. The molecule has 0 saturated carbocycles. The number of nitrogens with one attached hydrogen (secondary N) is 1. The van der Waals surface area contributed by atoms with Crippen molar-refractivity contribution in [3.63, 3.8) is 0 Å². The lowest BCUT2D eigenvalue weighted by Crippen LogP contribution is -2.44. The highest BCUT2D eigenvalue weighted by molar-refractivity contribution is 5.96. The van der Waals surface area contributed by atoms with Crippen molar-refractivity contribution in [1.29, 1.82) is 0 Å². The summed E-state index contributed by atoms with van der Waals surface area (Å²) in [5.74, 6) is -2.37. The number of carbonyl (C=O) groups is 3. The SMILES string of the molecule is COc1cc(C(=O)CCC(O)(c2cc(C(C)(C)NC(C)=O)cc(-c3ccc(F)c(C)c3)n2)C(F)(F)F)ccc1OCC(N)=O. The number of nitrogens with two attached hydrogens (primary N) is 1. The Kier molecular flexibility index (Phi) is 10.0. The fourth-order valence-corrected chi connectivity index (χ4v) is 4.53. The van der Waals surface area contributed by atoms with Gasteiger partial charge in [0.2, 0.25) is 11.5 Å². The number of Topliss-reactive ketones (excluding diaryl/α,β-unsaturated/α-hetero) is 1. The maximum absolute atomic E-state index is 14.7. The van der Waals surface area contributed by atoms with Crippen LogP contribution in [0.15, 0.2) is 48.5 Å². The fourth-order valence-electron chi connectivity index (χ4n) is 4.53. The molecule has 0 radical (unpaired) electrons. The molecule has 1 heterocycles. The van der Waals surface area contributed by atoms with Crippen molar-refractivity contribution in [2.45, 2.75) is 57.9 Å². The number of benzene rings is 2. The van der Waals surface area contributed by atoms with E-state index in [2.05, 4.69) is 10.3 Å². The summed E-state index contributed by atoms with van der Waals surface area (Å²) < 4.78 is 68.3. The number of aromatic nitrogens is 1. The Morgan fingerprint density at radius 2 is 1.70 bits per heavy atom. The van der Waals surface area contributed by atoms with Gasteiger partial charge in [0.15, 0.2) is 23.9 Å². The molecule has 3 aromatic rings. The van der Waals surface area contributed by atoms with Gasteiger partial charge in [-0.05, 0) is 86.8 Å². The monoisotopic (exact) mass is 619 g/mol. The Hall–Kier alpha value is -4.52. The van der Waals surface area contributed by atoms with Crippen LogP contribution in [-0.4, -0.2) is 47.6 Å². The number of primary amides is 1. The number of nitrogens with zero attached hydrogens (tertiary/aromatic N) is 1. The molecule has 13 heteroatoms. The molecule has 236 valence electrons. The molecule has 0 bridgehead atoms. The second kappa shape index (κ2) is 13.0. The maximum atomic E-state index is 14.7. The van der Waals surface area contributed by atoms with E-state index < -0.39 is 65.9 Å². The van der Waals surface area contributed by atoms with Gasteiger partial charge in [-0.25, -0.2) is 9.37 Å². The molecule has 0 saturated heterocycles. The van der Waals surface area contributed by atoms with E-state index in [-0.39, 0.29) is 39.4 Å². The lowest BCUT2D eigenvalue weighted by atomic mass is 9.85. The minimum Gasteiger partial charge on any atom is -0.493 e. The topological polar surface area (TPSA) is 141 Å². The quantitative estimate of drug-likeness (QED) is 0.194. The zero-order valence-corrected chi connectivity index (χ0v) is 24.8. The molecule has 0 aliphatic heterocycles. The number of halogens is 4. The van der Waals surface area contributed by atoms with Gasteiger partial charge < -0.3 is 25.6 Å². The smallest absolute Gasteiger partial charge is 0.422 e. The van der Waals surface area contributed by atoms with E-state index in [0.29, 0.717) is 0 Å². The minimum atomic E-state index is -5.28. The predicted molar refractivity (Wildman–Crippen MR) is 152 cm³/mol. The van der Waals surface area contributed by atoms with Crippen molar-refractivity contribution in [1.82, 2.24) is 10.3 Å². The first kappa shape index (κ1) is 34.0. The number of ether oxygens (including phenoxy) is 2. The number of hydrogen-bond donors (Lipinski definition) is 3. The van der Waals surface area contributed by atoms with Crippen LogP contribution in [0.1, 0.15) is 60.8 Å². The highest BCUT2D eigenvalue weighted by atomic mass is 19.4. The van der Waals surface area contributed by atoms with Gasteiger partial charge in [-0.15, -0.1) is 0 Å². The van der Waals surface area contributed by atoms with E-state index in [9.17, 15) is 37.1 Å². The number of aryl methyl sites for hydroxylation is 1. The summed E-state index contributed by atoms with van der Waals surface area (Å²) in [7, 11) is 1.27. The van der Waals surface area contributed by atoms with Crippen LogP contribution in [0.2, 0.25) is 0 Å². The Bertz CT molecular complexity index is 1570. The highest BCUT2D eigenvalue weighted by Crippen LogP contribution is 2.44. The first-order chi connectivity index (χ1) is 20.4. The third kappa shape index (κ3) is 7.70. The number of hydrogen-bond acceptors (Lipinski definition) is 7. The fraction of sp³-hybridized carbons (Fsp3) is 0.355. The molecular formula is C31H33F4N3O6. The van der Waals surface area contributed by atoms with Gasteiger partial charge in [0.05, 0.1) is 24.0 Å². The lowest BCUT2D eigenvalue weighted by Gasteiger charge is -2.33. The van der Waals surface area contributed by atoms with Crippen molar-refractivity contribution < 1.29 is 46.5 Å². The number of alkyl halides is 3. The number of amides is 2. The van der Waals surface area contributed by atoms with Gasteiger partial charge in [0.1, 0.15) is 5.82 Å². The lowest BCUT2D eigenvalue weighted by molar-refractivity contribution is -0.270. The van der Waals surface area contributed by atoms with E-state index in [1.54, 1.807) is 13.8 Å². The van der Waals surface area contributed by atoms with E-state index in [4.69, 9.17) is 15.2 Å². The zero-order valence-electron chi connectivity index (χ0n) is 24.8. The summed E-state index contributed by atoms with van der Waals surface area (Å²) in [6.45, 7) is 5.39. The predicted octanol–water partition coefficient (Wildman–Crippen LogP) is 4.85. The van der Waals surface area contributed by atoms with Gasteiger partial charge >= 0.3 is 6.18 Å². The summed E-state index contributed by atoms with van der Waals surface area (Å²) in [6.07, 6.45) is -7.14. The summed E-state index contributed by atoms with van der Waals surface area (Å²) in [5, 5.41) is 13.9. The van der Waals surface area contributed by atoms with Crippen molar-refractivity contribution in [3.05, 3.63) is 76.7 Å². The number of pyridine rings is 1. The summed E-state index contributed by atoms with van der Waals surface area (Å²) >= 11 is 0. The molecule has 0 spiro atoms. The Labute approximate surface area is 251 Å². The van der Waals surface area contributed by atoms with Gasteiger partial charge in [-0.3, -0.25) is 14.4 Å². The molecule has 1 unspecified atom stereocenters. The van der Waals surface area contributed by atoms with E-state index in [1.165, 1.54) is 57.4 Å². The van der Waals surface area contributed by atoms with Gasteiger partial charge in [0.25, 0.3) is 5.91 Å². The summed E-state index contributed by atoms with van der Waals surface area (Å²) in [4.78, 5) is 40.1. The largest absolute Gasteiger partial charge is 0.493 e. The van der Waals surface area contributed by atoms with E-state index in [1.807, 2.05) is 0 Å². The molecule has 1 atom stereocenters. The van der Waals surface area contributed by atoms with Crippen LogP contribution in [0.3, 0.4) is 0 Å². The van der Waals surface area contributed by atoms with E-state index in [0.717, 1.165) is 12.1 Å². The second-order valence-electron chi connectivity index (χ2n) is 10.8. The van der Waals surface area contributed by atoms with Gasteiger partial charge in [-0.1, -0.05) is 0 Å². The normalized spacial score (nSPS) is 13.1. The van der Waals surface area contributed by atoms with Crippen LogP contribution in [0, 0.1) is 12.7 Å². The van der Waals surface area contributed by atoms with Gasteiger partial charge in [0, 0.05) is 24.5 Å². The first-order valence-corrected chi connectivity index (χ1v) is 13.4.